The summed E-state index contributed by atoms with van der Waals surface area (Å²) in [4.78, 5) is 26.8. The van der Waals surface area contributed by atoms with Gasteiger partial charge >= 0.3 is 0 Å². The van der Waals surface area contributed by atoms with Gasteiger partial charge in [0, 0.05) is 41.2 Å². The first-order valence-corrected chi connectivity index (χ1v) is 8.93. The van der Waals surface area contributed by atoms with Gasteiger partial charge in [-0.1, -0.05) is 41.9 Å². The molecule has 134 valence electrons. The van der Waals surface area contributed by atoms with Crippen molar-refractivity contribution in [3.63, 3.8) is 0 Å². The van der Waals surface area contributed by atoms with Crippen LogP contribution in [0.2, 0.25) is 5.02 Å². The number of Topliss-reactive ketones (excluding diaryl/α,β-unsaturated/α-hetero) is 1. The molecule has 5 heteroatoms. The highest BCUT2D eigenvalue weighted by Gasteiger charge is 2.28. The Labute approximate surface area is 157 Å². The summed E-state index contributed by atoms with van der Waals surface area (Å²) in [6, 6.07) is 13.2. The van der Waals surface area contributed by atoms with E-state index in [1.54, 1.807) is 47.4 Å². The molecule has 1 aliphatic rings. The van der Waals surface area contributed by atoms with Crippen LogP contribution in [0.15, 0.2) is 54.6 Å². The topological polar surface area (TPSA) is 37.4 Å². The Balaban J connectivity index is 1.67. The van der Waals surface area contributed by atoms with Crippen molar-refractivity contribution in [3.8, 4) is 0 Å². The Morgan fingerprint density at radius 3 is 2.73 bits per heavy atom. The van der Waals surface area contributed by atoms with Crippen molar-refractivity contribution in [1.29, 1.82) is 0 Å². The van der Waals surface area contributed by atoms with Crippen LogP contribution in [-0.4, -0.2) is 29.7 Å². The zero-order valence-electron chi connectivity index (χ0n) is 14.2. The molecule has 0 aliphatic carbocycles. The molecule has 0 saturated carbocycles. The number of piperidine rings is 1. The highest BCUT2D eigenvalue weighted by molar-refractivity contribution is 6.31. The lowest BCUT2D eigenvalue weighted by molar-refractivity contribution is -0.127. The maximum absolute atomic E-state index is 13.6. The first-order chi connectivity index (χ1) is 12.5. The minimum absolute atomic E-state index is 0.00286. The van der Waals surface area contributed by atoms with Crippen molar-refractivity contribution in [2.24, 2.45) is 5.92 Å². The first kappa shape index (κ1) is 18.3. The maximum Gasteiger partial charge on any atom is 0.246 e. The van der Waals surface area contributed by atoms with Crippen molar-refractivity contribution >= 4 is 29.4 Å². The summed E-state index contributed by atoms with van der Waals surface area (Å²) in [6.45, 7) is 0.964. The van der Waals surface area contributed by atoms with Gasteiger partial charge < -0.3 is 4.90 Å². The van der Waals surface area contributed by atoms with Gasteiger partial charge in [-0.15, -0.1) is 0 Å². The smallest absolute Gasteiger partial charge is 0.246 e. The Bertz CT molecular complexity index is 849. The number of benzene rings is 2. The van der Waals surface area contributed by atoms with Crippen LogP contribution in [-0.2, 0) is 4.79 Å². The van der Waals surface area contributed by atoms with E-state index in [-0.39, 0.29) is 23.4 Å². The average Bonchev–Trinajstić information content (AvgIpc) is 2.66. The first-order valence-electron chi connectivity index (χ1n) is 8.56. The lowest BCUT2D eigenvalue weighted by atomic mass is 9.90. The number of hydrogen-bond donors (Lipinski definition) is 0. The van der Waals surface area contributed by atoms with Crippen LogP contribution < -0.4 is 0 Å². The van der Waals surface area contributed by atoms with Crippen LogP contribution in [0, 0.1) is 11.7 Å². The van der Waals surface area contributed by atoms with Crippen molar-refractivity contribution in [2.45, 2.75) is 12.8 Å². The summed E-state index contributed by atoms with van der Waals surface area (Å²) < 4.78 is 13.6. The Morgan fingerprint density at radius 2 is 1.96 bits per heavy atom. The van der Waals surface area contributed by atoms with Gasteiger partial charge in [-0.2, -0.15) is 0 Å². The minimum Gasteiger partial charge on any atom is -0.338 e. The molecule has 0 bridgehead atoms. The molecule has 1 saturated heterocycles. The molecule has 0 spiro atoms. The number of rotatable bonds is 4. The van der Waals surface area contributed by atoms with Crippen LogP contribution >= 0.6 is 11.6 Å². The second kappa shape index (κ2) is 8.28. The molecule has 2 aromatic rings. The normalized spacial score (nSPS) is 17.5. The molecule has 3 nitrogen and oxygen atoms in total. The van der Waals surface area contributed by atoms with Crippen molar-refractivity contribution in [1.82, 2.24) is 4.90 Å². The summed E-state index contributed by atoms with van der Waals surface area (Å²) in [5.41, 5.74) is 0.933. The lowest BCUT2D eigenvalue weighted by Gasteiger charge is -2.31. The molecule has 3 rings (SSSR count). The summed E-state index contributed by atoms with van der Waals surface area (Å²) >= 11 is 5.96. The molecule has 2 aromatic carbocycles. The van der Waals surface area contributed by atoms with Crippen LogP contribution in [0.5, 0.6) is 0 Å². The van der Waals surface area contributed by atoms with Crippen molar-refractivity contribution in [2.75, 3.05) is 13.1 Å². The number of likely N-dealkylation sites (tertiary alicyclic amines) is 1. The molecule has 1 atom stereocenters. The molecule has 0 aromatic heterocycles. The van der Waals surface area contributed by atoms with Crippen LogP contribution in [0.1, 0.15) is 28.8 Å². The van der Waals surface area contributed by atoms with E-state index < -0.39 is 0 Å². The van der Waals surface area contributed by atoms with E-state index in [0.717, 1.165) is 12.8 Å². The Kier molecular flexibility index (Phi) is 5.84. The number of carbonyl (C=O) groups is 2. The maximum atomic E-state index is 13.6. The van der Waals surface area contributed by atoms with E-state index >= 15 is 0 Å². The molecule has 1 aliphatic heterocycles. The van der Waals surface area contributed by atoms with Crippen LogP contribution in [0.25, 0.3) is 6.08 Å². The highest BCUT2D eigenvalue weighted by Crippen LogP contribution is 2.23. The van der Waals surface area contributed by atoms with Gasteiger partial charge in [0.25, 0.3) is 0 Å². The number of ketones is 1. The van der Waals surface area contributed by atoms with Gasteiger partial charge in [0.2, 0.25) is 5.91 Å². The van der Waals surface area contributed by atoms with E-state index in [1.807, 2.05) is 0 Å². The number of nitrogens with zero attached hydrogens (tertiary/aromatic N) is 1. The fourth-order valence-electron chi connectivity index (χ4n) is 3.15. The predicted octanol–water partition coefficient (Wildman–Crippen LogP) is 4.61. The fourth-order valence-corrected chi connectivity index (χ4v) is 3.34. The van der Waals surface area contributed by atoms with Crippen LogP contribution in [0.3, 0.4) is 0 Å². The minimum atomic E-state index is -0.371. The third kappa shape index (κ3) is 4.38. The van der Waals surface area contributed by atoms with E-state index in [9.17, 15) is 14.0 Å². The monoisotopic (exact) mass is 371 g/mol. The number of amides is 1. The number of hydrogen-bond acceptors (Lipinski definition) is 2. The zero-order chi connectivity index (χ0) is 18.5. The fraction of sp³-hybridized carbons (Fsp3) is 0.238. The van der Waals surface area contributed by atoms with Gasteiger partial charge in [-0.25, -0.2) is 4.39 Å². The third-order valence-corrected chi connectivity index (χ3v) is 4.76. The third-order valence-electron chi connectivity index (χ3n) is 4.52. The molecule has 1 heterocycles. The SMILES string of the molecule is O=C(c1cccc(Cl)c1)[C@H]1CCCN(C(=O)/C=C/c2ccccc2F)C1. The second-order valence-corrected chi connectivity index (χ2v) is 6.79. The molecule has 26 heavy (non-hydrogen) atoms. The highest BCUT2D eigenvalue weighted by atomic mass is 35.5. The summed E-state index contributed by atoms with van der Waals surface area (Å²) in [5, 5.41) is 0.521. The summed E-state index contributed by atoms with van der Waals surface area (Å²) in [7, 11) is 0. The second-order valence-electron chi connectivity index (χ2n) is 6.35. The standard InChI is InChI=1S/C21H19ClFNO2/c22-18-8-3-6-16(13-18)21(26)17-7-4-12-24(14-17)20(25)11-10-15-5-1-2-9-19(15)23/h1-3,5-6,8-11,13,17H,4,7,12,14H2/b11-10+/t17-/m0/s1. The Morgan fingerprint density at radius 1 is 1.15 bits per heavy atom. The van der Waals surface area contributed by atoms with Gasteiger partial charge in [-0.05, 0) is 37.1 Å². The molecule has 1 amide bonds. The summed E-state index contributed by atoms with van der Waals surface area (Å²) in [6.07, 6.45) is 4.34. The van der Waals surface area contributed by atoms with Gasteiger partial charge in [-0.3, -0.25) is 9.59 Å². The molecule has 0 unspecified atom stereocenters. The molecular weight excluding hydrogens is 353 g/mol. The molecule has 1 fully saturated rings. The van der Waals surface area contributed by atoms with E-state index in [1.165, 1.54) is 18.2 Å². The molecular formula is C21H19ClFNO2. The molecule has 0 N–H and O–H groups in total. The summed E-state index contributed by atoms with van der Waals surface area (Å²) in [5.74, 6) is -0.822. The van der Waals surface area contributed by atoms with Gasteiger partial charge in [0.1, 0.15) is 5.82 Å². The number of halogens is 2. The largest absolute Gasteiger partial charge is 0.338 e. The van der Waals surface area contributed by atoms with Gasteiger partial charge in [0.15, 0.2) is 5.78 Å². The number of carbonyl (C=O) groups excluding carboxylic acids is 2. The van der Waals surface area contributed by atoms with E-state index in [4.69, 9.17) is 11.6 Å². The van der Waals surface area contributed by atoms with Gasteiger partial charge in [0.05, 0.1) is 0 Å². The van der Waals surface area contributed by atoms with E-state index in [0.29, 0.717) is 29.2 Å². The average molecular weight is 372 g/mol. The Hall–Kier alpha value is -2.46. The van der Waals surface area contributed by atoms with Crippen LogP contribution in [0.4, 0.5) is 4.39 Å². The quantitative estimate of drug-likeness (QED) is 0.581. The van der Waals surface area contributed by atoms with E-state index in [2.05, 4.69) is 0 Å². The van der Waals surface area contributed by atoms with Crippen molar-refractivity contribution < 1.29 is 14.0 Å². The van der Waals surface area contributed by atoms with Crippen molar-refractivity contribution in [3.05, 3.63) is 76.6 Å². The zero-order valence-corrected chi connectivity index (χ0v) is 15.0. The lowest BCUT2D eigenvalue weighted by Crippen LogP contribution is -2.41. The predicted molar refractivity (Wildman–Crippen MR) is 101 cm³/mol. The molecule has 0 radical (unpaired) electrons.